The molecule has 0 radical (unpaired) electrons. The zero-order valence-electron chi connectivity index (χ0n) is 21.9. The molecule has 0 fully saturated rings. The van der Waals surface area contributed by atoms with Gasteiger partial charge < -0.3 is 36.3 Å². The summed E-state index contributed by atoms with van der Waals surface area (Å²) in [5, 5.41) is 17.7. The van der Waals surface area contributed by atoms with Crippen molar-refractivity contribution in [3.05, 3.63) is 29.8 Å². The van der Waals surface area contributed by atoms with E-state index in [2.05, 4.69) is 16.0 Å². The Morgan fingerprint density at radius 1 is 1.00 bits per heavy atom. The number of hydrogen-bond acceptors (Lipinski definition) is 8. The van der Waals surface area contributed by atoms with E-state index in [-0.39, 0.29) is 31.1 Å². The van der Waals surface area contributed by atoms with E-state index in [0.717, 1.165) is 5.56 Å². The number of aliphatic hydroxyl groups is 1. The summed E-state index contributed by atoms with van der Waals surface area (Å²) in [6.45, 7) is 8.12. The van der Waals surface area contributed by atoms with Crippen molar-refractivity contribution in [1.29, 1.82) is 0 Å². The molecule has 0 aliphatic heterocycles. The smallest absolute Gasteiger partial charge is 0.407 e. The van der Waals surface area contributed by atoms with Crippen molar-refractivity contribution in [3.63, 3.8) is 0 Å². The van der Waals surface area contributed by atoms with Gasteiger partial charge in [0.05, 0.1) is 26.2 Å². The number of nitrogens with one attached hydrogen (secondary N) is 3. The lowest BCUT2D eigenvalue weighted by Crippen LogP contribution is -2.55. The van der Waals surface area contributed by atoms with Crippen LogP contribution in [-0.4, -0.2) is 72.8 Å². The number of alkyl carbamates (subject to hydrolysis) is 1. The van der Waals surface area contributed by atoms with E-state index in [4.69, 9.17) is 15.2 Å². The van der Waals surface area contributed by atoms with Gasteiger partial charge in [-0.1, -0.05) is 26.0 Å². The molecule has 0 saturated carbocycles. The third kappa shape index (κ3) is 11.5. The molecule has 1 rings (SSSR count). The van der Waals surface area contributed by atoms with Crippen LogP contribution in [-0.2, 0) is 25.5 Å². The molecule has 0 aliphatic carbocycles. The minimum Gasteiger partial charge on any atom is -0.497 e. The fraction of sp³-hybridized carbons (Fsp3) is 0.600. The summed E-state index contributed by atoms with van der Waals surface area (Å²) in [5.74, 6) is -1.11. The van der Waals surface area contributed by atoms with Crippen LogP contribution in [0.3, 0.4) is 0 Å². The van der Waals surface area contributed by atoms with Gasteiger partial charge in [0, 0.05) is 0 Å². The van der Waals surface area contributed by atoms with Gasteiger partial charge in [-0.2, -0.15) is 0 Å². The largest absolute Gasteiger partial charge is 0.497 e. The highest BCUT2D eigenvalue weighted by atomic mass is 16.6. The summed E-state index contributed by atoms with van der Waals surface area (Å²) >= 11 is 0. The van der Waals surface area contributed by atoms with Crippen LogP contribution in [0.4, 0.5) is 4.79 Å². The second-order valence-corrected chi connectivity index (χ2v) is 9.87. The molecular formula is C25H40N4O7. The molecule has 6 N–H and O–H groups in total. The van der Waals surface area contributed by atoms with Gasteiger partial charge >= 0.3 is 6.09 Å². The summed E-state index contributed by atoms with van der Waals surface area (Å²) in [5.41, 5.74) is 5.61. The lowest BCUT2D eigenvalue weighted by Gasteiger charge is -2.25. The Kier molecular flexibility index (Phi) is 12.3. The first-order chi connectivity index (χ1) is 16.7. The maximum Gasteiger partial charge on any atom is 0.407 e. The number of Topliss-reactive ketones (excluding diaryl/α,β-unsaturated/α-hetero) is 1. The summed E-state index contributed by atoms with van der Waals surface area (Å²) in [6, 6.07) is 5.14. The van der Waals surface area contributed by atoms with E-state index < -0.39 is 48.2 Å². The van der Waals surface area contributed by atoms with Crippen molar-refractivity contribution in [2.45, 2.75) is 71.2 Å². The van der Waals surface area contributed by atoms with Crippen LogP contribution in [0.25, 0.3) is 0 Å². The summed E-state index contributed by atoms with van der Waals surface area (Å²) in [6.07, 6.45) is -1.93. The van der Waals surface area contributed by atoms with Gasteiger partial charge in [-0.25, -0.2) is 4.79 Å². The fourth-order valence-corrected chi connectivity index (χ4v) is 3.21. The molecule has 3 amide bonds. The van der Waals surface area contributed by atoms with Crippen LogP contribution >= 0.6 is 0 Å². The highest BCUT2D eigenvalue weighted by Gasteiger charge is 2.29. The maximum absolute atomic E-state index is 13.1. The van der Waals surface area contributed by atoms with Gasteiger partial charge in [-0.05, 0) is 57.2 Å². The SMILES string of the molecule is COc1ccc(C[C@H](NC(=O)[C@H](CC(C)C)NC(=O)C(O)CNC(=O)OC(C)(C)C)C(=O)CN)cc1. The van der Waals surface area contributed by atoms with Crippen LogP contribution in [0.15, 0.2) is 24.3 Å². The number of carbonyl (C=O) groups is 4. The van der Waals surface area contributed by atoms with E-state index >= 15 is 0 Å². The van der Waals surface area contributed by atoms with Crippen LogP contribution in [0.1, 0.15) is 46.6 Å². The van der Waals surface area contributed by atoms with Gasteiger partial charge in [0.15, 0.2) is 5.78 Å². The Labute approximate surface area is 212 Å². The molecule has 11 heteroatoms. The number of nitrogens with two attached hydrogens (primary N) is 1. The minimum atomic E-state index is -1.61. The van der Waals surface area contributed by atoms with Crippen LogP contribution in [0.2, 0.25) is 0 Å². The molecule has 0 aliphatic rings. The zero-order valence-corrected chi connectivity index (χ0v) is 21.9. The molecule has 3 atom stereocenters. The Hall–Kier alpha value is -3.18. The molecule has 202 valence electrons. The second-order valence-electron chi connectivity index (χ2n) is 9.87. The van der Waals surface area contributed by atoms with E-state index in [9.17, 15) is 24.3 Å². The van der Waals surface area contributed by atoms with Crippen molar-refractivity contribution in [2.24, 2.45) is 11.7 Å². The number of amides is 3. The molecule has 11 nitrogen and oxygen atoms in total. The average Bonchev–Trinajstić information content (AvgIpc) is 2.80. The quantitative estimate of drug-likeness (QED) is 0.259. The zero-order chi connectivity index (χ0) is 27.5. The number of ketones is 1. The van der Waals surface area contributed by atoms with Gasteiger partial charge in [-0.15, -0.1) is 0 Å². The van der Waals surface area contributed by atoms with E-state index in [1.54, 1.807) is 52.1 Å². The van der Waals surface area contributed by atoms with Gasteiger partial charge in [0.2, 0.25) is 5.91 Å². The van der Waals surface area contributed by atoms with Gasteiger partial charge in [0.25, 0.3) is 5.91 Å². The Morgan fingerprint density at radius 3 is 2.08 bits per heavy atom. The average molecular weight is 509 g/mol. The molecule has 0 aromatic heterocycles. The number of carbonyl (C=O) groups excluding carboxylic acids is 4. The fourth-order valence-electron chi connectivity index (χ4n) is 3.21. The molecule has 0 heterocycles. The molecule has 1 unspecified atom stereocenters. The summed E-state index contributed by atoms with van der Waals surface area (Å²) in [7, 11) is 1.55. The molecular weight excluding hydrogens is 468 g/mol. The van der Waals surface area contributed by atoms with E-state index in [0.29, 0.717) is 5.75 Å². The number of aliphatic hydroxyl groups excluding tert-OH is 1. The van der Waals surface area contributed by atoms with Crippen molar-refractivity contribution < 1.29 is 33.8 Å². The number of methoxy groups -OCH3 is 1. The first-order valence-corrected chi connectivity index (χ1v) is 11.9. The van der Waals surface area contributed by atoms with E-state index in [1.165, 1.54) is 0 Å². The lowest BCUT2D eigenvalue weighted by atomic mass is 9.99. The van der Waals surface area contributed by atoms with Crippen LogP contribution in [0.5, 0.6) is 5.75 Å². The van der Waals surface area contributed by atoms with E-state index in [1.807, 2.05) is 13.8 Å². The predicted molar refractivity (Wildman–Crippen MR) is 134 cm³/mol. The highest BCUT2D eigenvalue weighted by Crippen LogP contribution is 2.14. The minimum absolute atomic E-state index is 0.0170. The number of ether oxygens (including phenoxy) is 2. The summed E-state index contributed by atoms with van der Waals surface area (Å²) < 4.78 is 10.2. The number of rotatable bonds is 13. The maximum atomic E-state index is 13.1. The van der Waals surface area contributed by atoms with Crippen molar-refractivity contribution in [3.8, 4) is 5.75 Å². The summed E-state index contributed by atoms with van der Waals surface area (Å²) in [4.78, 5) is 49.8. The molecule has 1 aromatic rings. The Bertz CT molecular complexity index is 881. The molecule has 0 spiro atoms. The Balaban J connectivity index is 2.85. The van der Waals surface area contributed by atoms with Crippen molar-refractivity contribution >= 4 is 23.7 Å². The molecule has 0 bridgehead atoms. The molecule has 1 aromatic carbocycles. The monoisotopic (exact) mass is 508 g/mol. The third-order valence-corrected chi connectivity index (χ3v) is 4.99. The number of hydrogen-bond donors (Lipinski definition) is 5. The van der Waals surface area contributed by atoms with Crippen LogP contribution in [0, 0.1) is 5.92 Å². The van der Waals surface area contributed by atoms with Crippen molar-refractivity contribution in [2.75, 3.05) is 20.2 Å². The first kappa shape index (κ1) is 30.9. The normalized spacial score (nSPS) is 13.8. The third-order valence-electron chi connectivity index (χ3n) is 4.99. The number of benzene rings is 1. The highest BCUT2D eigenvalue weighted by molar-refractivity contribution is 5.94. The first-order valence-electron chi connectivity index (χ1n) is 11.9. The molecule has 0 saturated heterocycles. The lowest BCUT2D eigenvalue weighted by molar-refractivity contribution is -0.135. The van der Waals surface area contributed by atoms with Crippen LogP contribution < -0.4 is 26.4 Å². The Morgan fingerprint density at radius 2 is 1.58 bits per heavy atom. The molecule has 36 heavy (non-hydrogen) atoms. The topological polar surface area (TPSA) is 169 Å². The standard InChI is InChI=1S/C25H40N4O7/c1-15(2)11-19(29-23(33)21(31)14-27-24(34)36-25(3,4)5)22(32)28-18(20(30)13-26)12-16-7-9-17(35-6)10-8-16/h7-10,15,18-19,21,31H,11-14,26H2,1-6H3,(H,27,34)(H,28,32)(H,29,33)/t18-,19-,21?/m0/s1. The predicted octanol–water partition coefficient (Wildman–Crippen LogP) is 0.667. The van der Waals surface area contributed by atoms with Gasteiger partial charge in [0.1, 0.15) is 23.5 Å². The van der Waals surface area contributed by atoms with Crippen molar-refractivity contribution in [1.82, 2.24) is 16.0 Å². The second kappa shape index (κ2) is 14.4. The van der Waals surface area contributed by atoms with Gasteiger partial charge in [-0.3, -0.25) is 14.4 Å².